The molecule has 0 aliphatic carbocycles. The van der Waals surface area contributed by atoms with Crippen molar-refractivity contribution >= 4 is 52.9 Å². The third-order valence-corrected chi connectivity index (χ3v) is 4.46. The number of hydrogen-bond acceptors (Lipinski definition) is 3. The first-order chi connectivity index (χ1) is 11.6. The lowest BCUT2D eigenvalue weighted by Crippen LogP contribution is -2.42. The van der Waals surface area contributed by atoms with Gasteiger partial charge < -0.3 is 16.0 Å². The van der Waals surface area contributed by atoms with Crippen LogP contribution >= 0.6 is 35.3 Å². The molecule has 3 N–H and O–H groups in total. The molecule has 136 valence electrons. The lowest BCUT2D eigenvalue weighted by atomic mass is 10.1. The van der Waals surface area contributed by atoms with Crippen LogP contribution in [0.3, 0.4) is 0 Å². The van der Waals surface area contributed by atoms with Gasteiger partial charge in [0.2, 0.25) is 5.91 Å². The van der Waals surface area contributed by atoms with Crippen LogP contribution in [0.4, 0.5) is 10.1 Å². The number of benzene rings is 1. The van der Waals surface area contributed by atoms with Crippen molar-refractivity contribution in [3.05, 3.63) is 52.5 Å². The predicted molar refractivity (Wildman–Crippen MR) is 113 cm³/mol. The minimum Gasteiger partial charge on any atom is -0.356 e. The lowest BCUT2D eigenvalue weighted by Gasteiger charge is -2.15. The van der Waals surface area contributed by atoms with Gasteiger partial charge >= 0.3 is 0 Å². The molecule has 1 aromatic heterocycles. The highest BCUT2D eigenvalue weighted by Gasteiger charge is 2.09. The average Bonchev–Trinajstić information content (AvgIpc) is 3.09. The van der Waals surface area contributed by atoms with Crippen LogP contribution in [0.1, 0.15) is 17.7 Å². The Morgan fingerprint density at radius 1 is 1.28 bits per heavy atom. The van der Waals surface area contributed by atoms with E-state index in [-0.39, 0.29) is 42.2 Å². The van der Waals surface area contributed by atoms with E-state index in [4.69, 9.17) is 0 Å². The fourth-order valence-corrected chi connectivity index (χ4v) is 2.87. The van der Waals surface area contributed by atoms with Crippen molar-refractivity contribution in [1.29, 1.82) is 0 Å². The van der Waals surface area contributed by atoms with E-state index in [0.717, 1.165) is 0 Å². The second-order valence-corrected chi connectivity index (χ2v) is 6.26. The van der Waals surface area contributed by atoms with Gasteiger partial charge in [-0.15, -0.1) is 35.3 Å². The number of thiophene rings is 1. The van der Waals surface area contributed by atoms with Crippen LogP contribution in [0.5, 0.6) is 0 Å². The van der Waals surface area contributed by atoms with E-state index >= 15 is 0 Å². The van der Waals surface area contributed by atoms with Crippen molar-refractivity contribution in [2.75, 3.05) is 25.5 Å². The molecule has 2 rings (SSSR count). The number of halogens is 2. The molecule has 1 aromatic carbocycles. The highest BCUT2D eigenvalue weighted by molar-refractivity contribution is 14.0. The summed E-state index contributed by atoms with van der Waals surface area (Å²) in [7, 11) is 1.65. The van der Waals surface area contributed by atoms with E-state index in [0.29, 0.717) is 24.1 Å². The standard InChI is InChI=1S/C17H21FN4OS.HI/c1-12(15-7-4-8-24-15)10-20-17(19-2)21-11-16(23)22-14-6-3-5-13(18)9-14;/h3-9,12H,10-11H2,1-2H3,(H,22,23)(H2,19,20,21);1H. The Morgan fingerprint density at radius 3 is 2.72 bits per heavy atom. The monoisotopic (exact) mass is 476 g/mol. The molecule has 0 aliphatic rings. The molecule has 0 saturated heterocycles. The molecule has 2 aromatic rings. The number of aliphatic imine (C=N–C) groups is 1. The Bertz CT molecular complexity index is 694. The van der Waals surface area contributed by atoms with Crippen molar-refractivity contribution in [3.8, 4) is 0 Å². The number of guanidine groups is 1. The fourth-order valence-electron chi connectivity index (χ4n) is 2.08. The van der Waals surface area contributed by atoms with Crippen molar-refractivity contribution in [1.82, 2.24) is 10.6 Å². The molecule has 0 saturated carbocycles. The molecule has 0 aliphatic heterocycles. The average molecular weight is 476 g/mol. The first-order valence-corrected chi connectivity index (χ1v) is 8.50. The summed E-state index contributed by atoms with van der Waals surface area (Å²) >= 11 is 1.72. The van der Waals surface area contributed by atoms with Crippen molar-refractivity contribution in [3.63, 3.8) is 0 Å². The summed E-state index contributed by atoms with van der Waals surface area (Å²) in [5.74, 6) is 0.244. The minimum absolute atomic E-state index is 0. The Morgan fingerprint density at radius 2 is 2.08 bits per heavy atom. The third kappa shape index (κ3) is 7.39. The normalized spacial score (nSPS) is 12.0. The van der Waals surface area contributed by atoms with E-state index in [1.807, 2.05) is 6.07 Å². The van der Waals surface area contributed by atoms with Gasteiger partial charge in [0.1, 0.15) is 5.82 Å². The highest BCUT2D eigenvalue weighted by atomic mass is 127. The smallest absolute Gasteiger partial charge is 0.243 e. The Hall–Kier alpha value is -1.68. The zero-order valence-corrected chi connectivity index (χ0v) is 17.2. The van der Waals surface area contributed by atoms with E-state index in [1.165, 1.54) is 17.0 Å². The first kappa shape index (κ1) is 21.4. The van der Waals surface area contributed by atoms with E-state index < -0.39 is 0 Å². The predicted octanol–water partition coefficient (Wildman–Crippen LogP) is 3.41. The van der Waals surface area contributed by atoms with Crippen molar-refractivity contribution in [2.45, 2.75) is 12.8 Å². The van der Waals surface area contributed by atoms with Gasteiger partial charge in [0.15, 0.2) is 5.96 Å². The minimum atomic E-state index is -0.388. The second-order valence-electron chi connectivity index (χ2n) is 5.28. The fraction of sp³-hybridized carbons (Fsp3) is 0.294. The molecule has 1 heterocycles. The van der Waals surface area contributed by atoms with Crippen molar-refractivity contribution in [2.24, 2.45) is 4.99 Å². The van der Waals surface area contributed by atoms with Gasteiger partial charge in [0, 0.05) is 30.1 Å². The summed E-state index contributed by atoms with van der Waals surface area (Å²) in [6.45, 7) is 2.89. The number of anilines is 1. The molecule has 1 unspecified atom stereocenters. The largest absolute Gasteiger partial charge is 0.356 e. The van der Waals surface area contributed by atoms with E-state index in [9.17, 15) is 9.18 Å². The van der Waals surface area contributed by atoms with Gasteiger partial charge in [0.25, 0.3) is 0 Å². The van der Waals surface area contributed by atoms with Gasteiger partial charge in [-0.2, -0.15) is 0 Å². The number of amides is 1. The molecular weight excluding hydrogens is 454 g/mol. The topological polar surface area (TPSA) is 65.5 Å². The van der Waals surface area contributed by atoms with E-state index in [2.05, 4.69) is 39.3 Å². The zero-order chi connectivity index (χ0) is 17.4. The lowest BCUT2D eigenvalue weighted by molar-refractivity contribution is -0.115. The van der Waals surface area contributed by atoms with Crippen LogP contribution in [0.15, 0.2) is 46.8 Å². The van der Waals surface area contributed by atoms with Gasteiger partial charge in [-0.3, -0.25) is 9.79 Å². The van der Waals surface area contributed by atoms with Crippen LogP contribution in [-0.2, 0) is 4.79 Å². The SMILES string of the molecule is CN=C(NCC(=O)Nc1cccc(F)c1)NCC(C)c1cccs1.I. The summed E-state index contributed by atoms with van der Waals surface area (Å²) in [5, 5.41) is 10.8. The molecule has 1 amide bonds. The Balaban J connectivity index is 0.00000312. The van der Waals surface area contributed by atoms with Gasteiger partial charge in [-0.05, 0) is 29.6 Å². The zero-order valence-electron chi connectivity index (χ0n) is 14.1. The van der Waals surface area contributed by atoms with Gasteiger partial charge in [-0.25, -0.2) is 4.39 Å². The van der Waals surface area contributed by atoms with Crippen LogP contribution < -0.4 is 16.0 Å². The van der Waals surface area contributed by atoms with Crippen LogP contribution in [0.25, 0.3) is 0 Å². The maximum Gasteiger partial charge on any atom is 0.243 e. The van der Waals surface area contributed by atoms with Gasteiger partial charge in [0.05, 0.1) is 6.54 Å². The summed E-state index contributed by atoms with van der Waals surface area (Å²) in [5.41, 5.74) is 0.427. The molecule has 1 atom stereocenters. The van der Waals surface area contributed by atoms with Crippen LogP contribution in [0.2, 0.25) is 0 Å². The summed E-state index contributed by atoms with van der Waals surface area (Å²) in [4.78, 5) is 17.3. The van der Waals surface area contributed by atoms with Crippen molar-refractivity contribution < 1.29 is 9.18 Å². The Kier molecular flexibility index (Phi) is 9.43. The van der Waals surface area contributed by atoms with Crippen LogP contribution in [-0.4, -0.2) is 32.0 Å². The number of rotatable bonds is 6. The number of hydrogen-bond donors (Lipinski definition) is 3. The molecular formula is C17H22FIN4OS. The maximum absolute atomic E-state index is 13.1. The molecule has 8 heteroatoms. The number of nitrogens with zero attached hydrogens (tertiary/aromatic N) is 1. The molecule has 0 radical (unpaired) electrons. The third-order valence-electron chi connectivity index (χ3n) is 3.35. The number of nitrogens with one attached hydrogen (secondary N) is 3. The summed E-state index contributed by atoms with van der Waals surface area (Å²) < 4.78 is 13.1. The molecule has 0 bridgehead atoms. The van der Waals surface area contributed by atoms with Crippen LogP contribution in [0, 0.1) is 5.82 Å². The number of carbonyl (C=O) groups is 1. The summed E-state index contributed by atoms with van der Waals surface area (Å²) in [6.07, 6.45) is 0. The summed E-state index contributed by atoms with van der Waals surface area (Å²) in [6, 6.07) is 9.91. The quantitative estimate of drug-likeness (QED) is 0.340. The molecule has 0 spiro atoms. The molecule has 25 heavy (non-hydrogen) atoms. The number of carbonyl (C=O) groups excluding carboxylic acids is 1. The molecule has 5 nitrogen and oxygen atoms in total. The van der Waals surface area contributed by atoms with E-state index in [1.54, 1.807) is 30.5 Å². The first-order valence-electron chi connectivity index (χ1n) is 7.62. The molecule has 0 fully saturated rings. The Labute approximate surface area is 168 Å². The highest BCUT2D eigenvalue weighted by Crippen LogP contribution is 2.19. The van der Waals surface area contributed by atoms with Gasteiger partial charge in [-0.1, -0.05) is 19.1 Å². The second kappa shape index (κ2) is 11.0. The maximum atomic E-state index is 13.1.